The molecular weight excluding hydrogens is 529 g/mol. The lowest BCUT2D eigenvalue weighted by Crippen LogP contribution is -2.46. The average molecular weight is 560 g/mol. The minimum Gasteiger partial charge on any atom is -0.507 e. The third-order valence-corrected chi connectivity index (χ3v) is 7.95. The lowest BCUT2D eigenvalue weighted by atomic mass is 9.58. The van der Waals surface area contributed by atoms with Crippen molar-refractivity contribution >= 4 is 47.0 Å². The molecule has 4 rings (SSSR count). The van der Waals surface area contributed by atoms with Gasteiger partial charge in [0.15, 0.2) is 0 Å². The van der Waals surface area contributed by atoms with Crippen molar-refractivity contribution in [2.24, 2.45) is 17.8 Å². The normalized spacial score (nSPS) is 26.3. The highest BCUT2D eigenvalue weighted by Crippen LogP contribution is 2.50. The minimum absolute atomic E-state index is 0.196. The van der Waals surface area contributed by atoms with Crippen molar-refractivity contribution in [1.29, 1.82) is 0 Å². The molecule has 4 atom stereocenters. The molecule has 1 aromatic rings. The molecule has 1 aromatic carbocycles. The number of carbonyl (C=O) groups is 3. The summed E-state index contributed by atoms with van der Waals surface area (Å²) in [5.41, 5.74) is 3.79. The van der Waals surface area contributed by atoms with Crippen LogP contribution in [0.4, 0.5) is 4.79 Å². The molecule has 0 unspecified atom stereocenters. The van der Waals surface area contributed by atoms with Crippen LogP contribution in [0.2, 0.25) is 6.32 Å². The number of amides is 3. The van der Waals surface area contributed by atoms with E-state index in [1.807, 2.05) is 19.1 Å². The topological polar surface area (TPSA) is 113 Å². The number of benzene rings is 1. The zero-order chi connectivity index (χ0) is 26.1. The number of imide groups is 3. The Hall–Kier alpha value is -2.43. The van der Waals surface area contributed by atoms with Crippen LogP contribution in [-0.4, -0.2) is 53.3 Å². The first-order valence-corrected chi connectivity index (χ1v) is 13.1. The van der Waals surface area contributed by atoms with Crippen LogP contribution in [0.1, 0.15) is 51.5 Å². The van der Waals surface area contributed by atoms with Crippen molar-refractivity contribution in [2.45, 2.75) is 58.4 Å². The monoisotopic (exact) mass is 559 g/mol. The third-order valence-electron chi connectivity index (χ3n) is 7.46. The second kappa shape index (κ2) is 10.9. The van der Waals surface area contributed by atoms with Gasteiger partial charge in [-0.25, -0.2) is 4.79 Å². The Morgan fingerprint density at radius 2 is 2.03 bits per heavy atom. The molecule has 8 nitrogen and oxygen atoms in total. The highest BCUT2D eigenvalue weighted by Gasteiger charge is 2.58. The summed E-state index contributed by atoms with van der Waals surface area (Å²) in [6, 6.07) is 5.30. The second-order valence-electron chi connectivity index (χ2n) is 9.77. The number of phenols is 1. The van der Waals surface area contributed by atoms with Gasteiger partial charge in [0.05, 0.1) is 25.0 Å². The van der Waals surface area contributed by atoms with E-state index in [9.17, 15) is 24.5 Å². The van der Waals surface area contributed by atoms with Gasteiger partial charge in [0, 0.05) is 10.0 Å². The molecule has 0 bridgehead atoms. The van der Waals surface area contributed by atoms with Gasteiger partial charge in [-0.15, -0.1) is 0 Å². The summed E-state index contributed by atoms with van der Waals surface area (Å²) in [5.74, 6) is -2.61. The SMILES string of the molecule is CCC/C(=C\c1cc(Br)ccc1O)CC[C@H]1OB(O)C[C@H]2C1=C(C)C[C@H]1C(=O)N(C(=O)OC)C(=O)[C@H]12. The Labute approximate surface area is 219 Å². The molecule has 2 N–H and O–H groups in total. The molecule has 1 aliphatic carbocycles. The number of phenolic OH excluding ortho intramolecular Hbond substituents is 1. The van der Waals surface area contributed by atoms with E-state index in [0.717, 1.165) is 46.7 Å². The summed E-state index contributed by atoms with van der Waals surface area (Å²) >= 11 is 3.45. The largest absolute Gasteiger partial charge is 0.507 e. The number of methoxy groups -OCH3 is 1. The molecule has 2 fully saturated rings. The van der Waals surface area contributed by atoms with E-state index >= 15 is 0 Å². The van der Waals surface area contributed by atoms with Crippen LogP contribution >= 0.6 is 15.9 Å². The number of halogens is 1. The van der Waals surface area contributed by atoms with E-state index in [-0.39, 0.29) is 18.0 Å². The molecule has 2 aliphatic heterocycles. The molecule has 0 radical (unpaired) electrons. The Balaban J connectivity index is 1.59. The Kier molecular flexibility index (Phi) is 8.07. The third kappa shape index (κ3) is 5.03. The summed E-state index contributed by atoms with van der Waals surface area (Å²) in [6.45, 7) is 4.03. The number of hydrogen-bond donors (Lipinski definition) is 2. The van der Waals surface area contributed by atoms with E-state index in [0.29, 0.717) is 24.2 Å². The molecule has 3 aliphatic rings. The summed E-state index contributed by atoms with van der Waals surface area (Å²) < 4.78 is 11.5. The molecule has 0 aromatic heterocycles. The summed E-state index contributed by atoms with van der Waals surface area (Å²) in [6.07, 6.45) is 4.22. The highest BCUT2D eigenvalue weighted by molar-refractivity contribution is 9.10. The van der Waals surface area contributed by atoms with Gasteiger partial charge in [-0.3, -0.25) is 9.59 Å². The number of aromatic hydroxyl groups is 1. The van der Waals surface area contributed by atoms with Crippen LogP contribution < -0.4 is 0 Å². The lowest BCUT2D eigenvalue weighted by molar-refractivity contribution is -0.137. The predicted octanol–water partition coefficient (Wildman–Crippen LogP) is 4.70. The van der Waals surface area contributed by atoms with E-state index in [4.69, 9.17) is 4.65 Å². The molecular formula is C26H31BBrNO7. The lowest BCUT2D eigenvalue weighted by Gasteiger charge is -2.42. The van der Waals surface area contributed by atoms with E-state index in [1.165, 1.54) is 0 Å². The number of ether oxygens (including phenoxy) is 1. The zero-order valence-electron chi connectivity index (χ0n) is 20.7. The van der Waals surface area contributed by atoms with Crippen LogP contribution in [0.3, 0.4) is 0 Å². The number of likely N-dealkylation sites (tertiary alicyclic amines) is 1. The van der Waals surface area contributed by atoms with Gasteiger partial charge in [0.1, 0.15) is 5.75 Å². The Morgan fingerprint density at radius 1 is 1.28 bits per heavy atom. The minimum atomic E-state index is -1.07. The first-order valence-electron chi connectivity index (χ1n) is 12.3. The van der Waals surface area contributed by atoms with Crippen molar-refractivity contribution in [3.05, 3.63) is 45.0 Å². The number of carbonyl (C=O) groups excluding carboxylic acids is 3. The summed E-state index contributed by atoms with van der Waals surface area (Å²) in [4.78, 5) is 38.8. The number of fused-ring (bicyclic) bond motifs is 3. The summed E-state index contributed by atoms with van der Waals surface area (Å²) in [7, 11) is 0.0710. The van der Waals surface area contributed by atoms with Crippen LogP contribution in [0, 0.1) is 17.8 Å². The van der Waals surface area contributed by atoms with Crippen molar-refractivity contribution < 1.29 is 33.9 Å². The molecule has 2 saturated heterocycles. The van der Waals surface area contributed by atoms with Gasteiger partial charge in [-0.05, 0) is 68.6 Å². The fourth-order valence-corrected chi connectivity index (χ4v) is 6.34. The molecule has 2 heterocycles. The predicted molar refractivity (Wildman–Crippen MR) is 138 cm³/mol. The van der Waals surface area contributed by atoms with Gasteiger partial charge in [0.2, 0.25) is 11.8 Å². The van der Waals surface area contributed by atoms with Gasteiger partial charge in [0.25, 0.3) is 0 Å². The maximum atomic E-state index is 13.2. The van der Waals surface area contributed by atoms with E-state index < -0.39 is 43.0 Å². The molecule has 36 heavy (non-hydrogen) atoms. The number of allylic oxidation sites excluding steroid dienone is 2. The van der Waals surface area contributed by atoms with Gasteiger partial charge in [-0.2, -0.15) is 4.90 Å². The number of nitrogens with zero attached hydrogens (tertiary/aromatic N) is 1. The van der Waals surface area contributed by atoms with Gasteiger partial charge in [-0.1, -0.05) is 46.5 Å². The van der Waals surface area contributed by atoms with Crippen molar-refractivity contribution in [3.8, 4) is 5.75 Å². The maximum absolute atomic E-state index is 13.2. The Bertz CT molecular complexity index is 1130. The van der Waals surface area contributed by atoms with E-state index in [2.05, 4.69) is 27.6 Å². The van der Waals surface area contributed by atoms with Gasteiger partial charge >= 0.3 is 13.2 Å². The van der Waals surface area contributed by atoms with Crippen LogP contribution in [0.15, 0.2) is 39.4 Å². The Morgan fingerprint density at radius 3 is 2.72 bits per heavy atom. The summed E-state index contributed by atoms with van der Waals surface area (Å²) in [5, 5.41) is 20.8. The van der Waals surface area contributed by atoms with Crippen LogP contribution in [0.25, 0.3) is 6.08 Å². The molecule has 0 saturated carbocycles. The molecule has 3 amide bonds. The maximum Gasteiger partial charge on any atom is 0.455 e. The number of rotatable bonds is 6. The average Bonchev–Trinajstić information content (AvgIpc) is 3.08. The quantitative estimate of drug-likeness (QED) is 0.295. The van der Waals surface area contributed by atoms with Gasteiger partial charge < -0.3 is 19.5 Å². The fourth-order valence-electron chi connectivity index (χ4n) is 5.96. The van der Waals surface area contributed by atoms with Crippen molar-refractivity contribution in [3.63, 3.8) is 0 Å². The molecule has 0 spiro atoms. The molecule has 192 valence electrons. The van der Waals surface area contributed by atoms with Crippen molar-refractivity contribution in [1.82, 2.24) is 4.90 Å². The first-order chi connectivity index (χ1) is 17.2. The number of hydrogen-bond acceptors (Lipinski definition) is 7. The van der Waals surface area contributed by atoms with Crippen LogP contribution in [-0.2, 0) is 19.0 Å². The zero-order valence-corrected chi connectivity index (χ0v) is 22.3. The van der Waals surface area contributed by atoms with Crippen molar-refractivity contribution in [2.75, 3.05) is 7.11 Å². The standard InChI is InChI=1S/C26H31BBrNO7/c1-4-5-15(11-16-12-17(28)7-8-20(16)30)6-9-21-22-14(2)10-18-23(19(22)13-27(34)36-21)25(32)29(24(18)31)26(33)35-3/h7-8,11-12,18-19,21,23,30,34H,4-6,9-10,13H2,1-3H3/b15-11+/t18-,19+,21-,23-/m1/s1. The smallest absolute Gasteiger partial charge is 0.455 e. The second-order valence-corrected chi connectivity index (χ2v) is 10.7. The van der Waals surface area contributed by atoms with Crippen LogP contribution in [0.5, 0.6) is 5.75 Å². The molecule has 10 heteroatoms. The van der Waals surface area contributed by atoms with E-state index in [1.54, 1.807) is 12.1 Å². The fraction of sp³-hybridized carbons (Fsp3) is 0.500. The highest BCUT2D eigenvalue weighted by atomic mass is 79.9. The first kappa shape index (κ1) is 26.6.